The molecule has 3 aromatic carbocycles. The quantitative estimate of drug-likeness (QED) is 0.505. The highest BCUT2D eigenvalue weighted by Gasteiger charge is 2.19. The van der Waals surface area contributed by atoms with Gasteiger partial charge in [0, 0.05) is 0 Å². The maximum absolute atomic E-state index is 4.84. The van der Waals surface area contributed by atoms with E-state index in [-0.39, 0.29) is 0 Å². The average Bonchev–Trinajstić information content (AvgIpc) is 2.75. The minimum atomic E-state index is 0.999. The second kappa shape index (κ2) is 9.01. The lowest BCUT2D eigenvalue weighted by Gasteiger charge is -2.21. The molecule has 0 saturated heterocycles. The number of nitrogens with one attached hydrogen (secondary N) is 1. The monoisotopic (exact) mass is 364 g/mol. The topological polar surface area (TPSA) is 24.4 Å². The van der Waals surface area contributed by atoms with Gasteiger partial charge in [-0.2, -0.15) is 5.10 Å². The fraction of sp³-hybridized carbons (Fsp3) is 0.115. The molecule has 4 rings (SSSR count). The van der Waals surface area contributed by atoms with Crippen molar-refractivity contribution in [3.63, 3.8) is 0 Å². The van der Waals surface area contributed by atoms with Crippen LogP contribution in [0.1, 0.15) is 30.4 Å². The summed E-state index contributed by atoms with van der Waals surface area (Å²) in [4.78, 5) is 0. The molecule has 0 aromatic heterocycles. The van der Waals surface area contributed by atoms with Gasteiger partial charge in [0.05, 0.1) is 11.4 Å². The van der Waals surface area contributed by atoms with Crippen LogP contribution in [-0.2, 0) is 0 Å². The normalized spacial score (nSPS) is 16.9. The van der Waals surface area contributed by atoms with Gasteiger partial charge in [0.2, 0.25) is 0 Å². The molecule has 1 aliphatic carbocycles. The molecule has 1 aliphatic rings. The van der Waals surface area contributed by atoms with Gasteiger partial charge in [-0.25, -0.2) is 0 Å². The molecule has 1 fully saturated rings. The SMILES string of the molecule is C(=C1\CCC/C(=C/c2ccccc2)C1=NNc1ccccc1)/c1ccccc1. The van der Waals surface area contributed by atoms with Crippen molar-refractivity contribution in [3.8, 4) is 0 Å². The molecule has 0 unspecified atom stereocenters. The molecule has 138 valence electrons. The first-order chi connectivity index (χ1) is 13.9. The molecule has 0 atom stereocenters. The summed E-state index contributed by atoms with van der Waals surface area (Å²) in [7, 11) is 0. The number of para-hydroxylation sites is 1. The standard InChI is InChI=1S/C26H24N2/c1-4-11-21(12-5-1)19-23-15-10-16-24(20-22-13-6-2-7-14-22)26(23)28-27-25-17-8-3-9-18-25/h1-9,11-14,17-20,27H,10,15-16H2/b23-19-,24-20-. The molecule has 2 nitrogen and oxygen atoms in total. The number of hydrazone groups is 1. The maximum atomic E-state index is 4.84. The molecule has 0 heterocycles. The molecule has 0 bridgehead atoms. The second-order valence-electron chi connectivity index (χ2n) is 6.95. The number of hydrogen-bond donors (Lipinski definition) is 1. The number of allylic oxidation sites excluding steroid dienone is 2. The van der Waals surface area contributed by atoms with E-state index < -0.39 is 0 Å². The molecule has 3 aromatic rings. The van der Waals surface area contributed by atoms with E-state index in [9.17, 15) is 0 Å². The zero-order valence-corrected chi connectivity index (χ0v) is 15.9. The Morgan fingerprint density at radius 3 is 1.57 bits per heavy atom. The average molecular weight is 364 g/mol. The summed E-state index contributed by atoms with van der Waals surface area (Å²) < 4.78 is 0. The predicted octanol–water partition coefficient (Wildman–Crippen LogP) is 6.81. The third kappa shape index (κ3) is 4.66. The van der Waals surface area contributed by atoms with Crippen molar-refractivity contribution >= 4 is 23.6 Å². The van der Waals surface area contributed by atoms with Crippen molar-refractivity contribution in [1.82, 2.24) is 0 Å². The van der Waals surface area contributed by atoms with Crippen LogP contribution in [0, 0.1) is 0 Å². The van der Waals surface area contributed by atoms with Gasteiger partial charge in [-0.1, -0.05) is 78.9 Å². The van der Waals surface area contributed by atoms with Gasteiger partial charge in [0.25, 0.3) is 0 Å². The van der Waals surface area contributed by atoms with Crippen LogP contribution in [0.4, 0.5) is 5.69 Å². The maximum Gasteiger partial charge on any atom is 0.0897 e. The van der Waals surface area contributed by atoms with Gasteiger partial charge >= 0.3 is 0 Å². The van der Waals surface area contributed by atoms with E-state index in [4.69, 9.17) is 5.10 Å². The minimum absolute atomic E-state index is 0.999. The molecule has 0 spiro atoms. The third-order valence-electron chi connectivity index (χ3n) is 4.85. The molecule has 28 heavy (non-hydrogen) atoms. The van der Waals surface area contributed by atoms with Gasteiger partial charge in [-0.15, -0.1) is 0 Å². The molecular formula is C26H24N2. The Morgan fingerprint density at radius 2 is 1.07 bits per heavy atom. The van der Waals surface area contributed by atoms with Gasteiger partial charge in [-0.05, 0) is 65.8 Å². The second-order valence-corrected chi connectivity index (χ2v) is 6.95. The lowest BCUT2D eigenvalue weighted by Crippen LogP contribution is -2.15. The van der Waals surface area contributed by atoms with Crippen LogP contribution >= 0.6 is 0 Å². The van der Waals surface area contributed by atoms with E-state index in [1.54, 1.807) is 0 Å². The van der Waals surface area contributed by atoms with Crippen molar-refractivity contribution in [2.75, 3.05) is 5.43 Å². The minimum Gasteiger partial charge on any atom is -0.278 e. The number of rotatable bonds is 4. The largest absolute Gasteiger partial charge is 0.278 e. The predicted molar refractivity (Wildman–Crippen MR) is 120 cm³/mol. The number of anilines is 1. The lowest BCUT2D eigenvalue weighted by atomic mass is 9.86. The summed E-state index contributed by atoms with van der Waals surface area (Å²) in [5.74, 6) is 0. The highest BCUT2D eigenvalue weighted by molar-refractivity contribution is 6.17. The molecule has 2 heteroatoms. The van der Waals surface area contributed by atoms with Gasteiger partial charge < -0.3 is 0 Å². The van der Waals surface area contributed by atoms with Gasteiger partial charge in [-0.3, -0.25) is 5.43 Å². The van der Waals surface area contributed by atoms with Crippen LogP contribution in [0.25, 0.3) is 12.2 Å². The summed E-state index contributed by atoms with van der Waals surface area (Å²) >= 11 is 0. The fourth-order valence-corrected chi connectivity index (χ4v) is 3.47. The van der Waals surface area contributed by atoms with Crippen molar-refractivity contribution < 1.29 is 0 Å². The smallest absolute Gasteiger partial charge is 0.0897 e. The third-order valence-corrected chi connectivity index (χ3v) is 4.85. The Bertz CT molecular complexity index is 925. The van der Waals surface area contributed by atoms with Crippen LogP contribution in [0.3, 0.4) is 0 Å². The van der Waals surface area contributed by atoms with Crippen molar-refractivity contribution in [2.24, 2.45) is 5.10 Å². The molecule has 0 aliphatic heterocycles. The van der Waals surface area contributed by atoms with Gasteiger partial charge in [0.15, 0.2) is 0 Å². The summed E-state index contributed by atoms with van der Waals surface area (Å²) in [6, 6.07) is 31.1. The van der Waals surface area contributed by atoms with Crippen molar-refractivity contribution in [3.05, 3.63) is 113 Å². The van der Waals surface area contributed by atoms with Gasteiger partial charge in [0.1, 0.15) is 0 Å². The Labute approximate surface area is 166 Å². The Hall–Kier alpha value is -3.39. The summed E-state index contributed by atoms with van der Waals surface area (Å²) in [5.41, 5.74) is 10.3. The van der Waals surface area contributed by atoms with Crippen LogP contribution in [0.2, 0.25) is 0 Å². The first-order valence-corrected chi connectivity index (χ1v) is 9.79. The fourth-order valence-electron chi connectivity index (χ4n) is 3.47. The van der Waals surface area contributed by atoms with E-state index in [0.29, 0.717) is 0 Å². The van der Waals surface area contributed by atoms with E-state index in [1.807, 2.05) is 30.3 Å². The molecule has 0 amide bonds. The number of benzene rings is 3. The lowest BCUT2D eigenvalue weighted by molar-refractivity contribution is 0.817. The Kier molecular flexibility index (Phi) is 5.79. The number of hydrogen-bond acceptors (Lipinski definition) is 2. The highest BCUT2D eigenvalue weighted by atomic mass is 15.3. The first kappa shape index (κ1) is 18.0. The first-order valence-electron chi connectivity index (χ1n) is 9.79. The van der Waals surface area contributed by atoms with Crippen LogP contribution in [-0.4, -0.2) is 5.71 Å². The van der Waals surface area contributed by atoms with Crippen LogP contribution in [0.5, 0.6) is 0 Å². The van der Waals surface area contributed by atoms with Crippen molar-refractivity contribution in [1.29, 1.82) is 0 Å². The zero-order valence-electron chi connectivity index (χ0n) is 15.9. The summed E-state index contributed by atoms with van der Waals surface area (Å²) in [6.45, 7) is 0. The summed E-state index contributed by atoms with van der Waals surface area (Å²) in [5, 5.41) is 4.84. The van der Waals surface area contributed by atoms with Crippen LogP contribution < -0.4 is 5.43 Å². The molecule has 1 saturated carbocycles. The Morgan fingerprint density at radius 1 is 0.607 bits per heavy atom. The van der Waals surface area contributed by atoms with Crippen LogP contribution in [0.15, 0.2) is 107 Å². The molecular weight excluding hydrogens is 340 g/mol. The molecule has 1 N–H and O–H groups in total. The van der Waals surface area contributed by atoms with E-state index >= 15 is 0 Å². The number of nitrogens with zero attached hydrogens (tertiary/aromatic N) is 1. The summed E-state index contributed by atoms with van der Waals surface area (Å²) in [6.07, 6.45) is 7.75. The zero-order chi connectivity index (χ0) is 19.0. The molecule has 0 radical (unpaired) electrons. The van der Waals surface area contributed by atoms with E-state index in [0.717, 1.165) is 30.7 Å². The van der Waals surface area contributed by atoms with E-state index in [2.05, 4.69) is 78.2 Å². The van der Waals surface area contributed by atoms with Crippen molar-refractivity contribution in [2.45, 2.75) is 19.3 Å². The Balaban J connectivity index is 1.72. The van der Waals surface area contributed by atoms with E-state index in [1.165, 1.54) is 22.3 Å². The highest BCUT2D eigenvalue weighted by Crippen LogP contribution is 2.29.